The molecule has 0 radical (unpaired) electrons. The smallest absolute Gasteiger partial charge is 0.155 e. The Morgan fingerprint density at radius 2 is 2.20 bits per heavy atom. The van der Waals surface area contributed by atoms with E-state index < -0.39 is 0 Å². The van der Waals surface area contributed by atoms with Crippen LogP contribution in [0.1, 0.15) is 35.7 Å². The predicted molar refractivity (Wildman–Crippen MR) is 74.1 cm³/mol. The summed E-state index contributed by atoms with van der Waals surface area (Å²) in [6.45, 7) is 6.77. The summed E-state index contributed by atoms with van der Waals surface area (Å²) in [5, 5.41) is 14.5. The van der Waals surface area contributed by atoms with Gasteiger partial charge in [-0.25, -0.2) is 14.5 Å². The van der Waals surface area contributed by atoms with E-state index in [1.54, 1.807) is 0 Å². The van der Waals surface area contributed by atoms with Crippen LogP contribution in [0.3, 0.4) is 0 Å². The fraction of sp³-hybridized carbons (Fsp3) is 0.385. The zero-order chi connectivity index (χ0) is 14.1. The van der Waals surface area contributed by atoms with Crippen molar-refractivity contribution in [3.63, 3.8) is 0 Å². The van der Waals surface area contributed by atoms with E-state index in [-0.39, 0.29) is 6.04 Å². The van der Waals surface area contributed by atoms with E-state index in [2.05, 4.69) is 44.4 Å². The van der Waals surface area contributed by atoms with Crippen molar-refractivity contribution in [1.29, 1.82) is 0 Å². The normalized spacial score (nSPS) is 12.9. The number of rotatable bonds is 4. The molecule has 0 saturated heterocycles. The molecule has 104 valence electrons. The topological polar surface area (TPSA) is 83.8 Å². The Kier molecular flexibility index (Phi) is 3.19. The van der Waals surface area contributed by atoms with Gasteiger partial charge in [-0.05, 0) is 20.8 Å². The number of H-pyrrole nitrogens is 1. The molecule has 3 rings (SSSR count). The molecule has 0 spiro atoms. The van der Waals surface area contributed by atoms with E-state index >= 15 is 0 Å². The number of aromatic nitrogens is 6. The number of aromatic amines is 1. The maximum absolute atomic E-state index is 4.46. The number of fused-ring (bicyclic) bond motifs is 1. The summed E-state index contributed by atoms with van der Waals surface area (Å²) in [5.41, 5.74) is 4.08. The van der Waals surface area contributed by atoms with Gasteiger partial charge in [-0.15, -0.1) is 0 Å². The van der Waals surface area contributed by atoms with Crippen molar-refractivity contribution in [2.75, 3.05) is 0 Å². The Labute approximate surface area is 116 Å². The largest absolute Gasteiger partial charge is 0.303 e. The first kappa shape index (κ1) is 12.7. The van der Waals surface area contributed by atoms with Crippen molar-refractivity contribution in [2.24, 2.45) is 0 Å². The van der Waals surface area contributed by atoms with Gasteiger partial charge in [0.25, 0.3) is 0 Å². The van der Waals surface area contributed by atoms with Crippen LogP contribution in [0.25, 0.3) is 5.65 Å². The average molecular weight is 271 g/mol. The van der Waals surface area contributed by atoms with Crippen LogP contribution in [0, 0.1) is 13.8 Å². The van der Waals surface area contributed by atoms with E-state index in [0.717, 1.165) is 28.4 Å². The second kappa shape index (κ2) is 5.01. The summed E-state index contributed by atoms with van der Waals surface area (Å²) < 4.78 is 1.89. The molecule has 7 nitrogen and oxygen atoms in total. The summed E-state index contributed by atoms with van der Waals surface area (Å²) in [6.07, 6.45) is 3.41. The second-order valence-electron chi connectivity index (χ2n) is 4.89. The van der Waals surface area contributed by atoms with Crippen LogP contribution >= 0.6 is 0 Å². The van der Waals surface area contributed by atoms with Gasteiger partial charge >= 0.3 is 0 Å². The first-order chi connectivity index (χ1) is 9.65. The van der Waals surface area contributed by atoms with Gasteiger partial charge in [0.1, 0.15) is 12.2 Å². The molecular weight excluding hydrogens is 254 g/mol. The molecule has 0 bridgehead atoms. The standard InChI is InChI=1S/C13H17N7/c1-8-4-13-15-5-11(10(3)20(13)19-8)9(2)14-6-12-16-7-17-18-12/h4-5,7,9,14H,6H2,1-3H3,(H,16,17,18). The van der Waals surface area contributed by atoms with Gasteiger partial charge in [0, 0.05) is 29.6 Å². The highest BCUT2D eigenvalue weighted by Crippen LogP contribution is 2.18. The lowest BCUT2D eigenvalue weighted by Gasteiger charge is -2.15. The molecule has 0 aliphatic carbocycles. The lowest BCUT2D eigenvalue weighted by Crippen LogP contribution is -2.21. The predicted octanol–water partition coefficient (Wildman–Crippen LogP) is 1.32. The molecular formula is C13H17N7. The molecule has 0 amide bonds. The summed E-state index contributed by atoms with van der Waals surface area (Å²) >= 11 is 0. The van der Waals surface area contributed by atoms with Crippen molar-refractivity contribution in [2.45, 2.75) is 33.4 Å². The van der Waals surface area contributed by atoms with Crippen LogP contribution in [-0.2, 0) is 6.54 Å². The zero-order valence-electron chi connectivity index (χ0n) is 11.8. The third-order valence-electron chi connectivity index (χ3n) is 3.39. The Bertz CT molecular complexity index is 714. The third-order valence-corrected chi connectivity index (χ3v) is 3.39. The first-order valence-corrected chi connectivity index (χ1v) is 6.54. The van der Waals surface area contributed by atoms with Crippen molar-refractivity contribution < 1.29 is 0 Å². The lowest BCUT2D eigenvalue weighted by molar-refractivity contribution is 0.552. The highest BCUT2D eigenvalue weighted by atomic mass is 15.3. The van der Waals surface area contributed by atoms with Gasteiger partial charge in [-0.2, -0.15) is 10.2 Å². The molecule has 3 aromatic rings. The molecule has 3 heterocycles. The molecule has 0 aromatic carbocycles. The summed E-state index contributed by atoms with van der Waals surface area (Å²) in [5.74, 6) is 0.818. The fourth-order valence-electron chi connectivity index (χ4n) is 2.28. The van der Waals surface area contributed by atoms with E-state index in [0.29, 0.717) is 6.54 Å². The minimum Gasteiger partial charge on any atom is -0.303 e. The van der Waals surface area contributed by atoms with Gasteiger partial charge < -0.3 is 5.32 Å². The highest BCUT2D eigenvalue weighted by Gasteiger charge is 2.13. The minimum atomic E-state index is 0.154. The first-order valence-electron chi connectivity index (χ1n) is 6.54. The van der Waals surface area contributed by atoms with Gasteiger partial charge in [-0.3, -0.25) is 5.10 Å². The number of nitrogens with zero attached hydrogens (tertiary/aromatic N) is 5. The SMILES string of the molecule is Cc1cc2ncc(C(C)NCc3ncn[nH]3)c(C)n2n1. The van der Waals surface area contributed by atoms with Gasteiger partial charge in [0.2, 0.25) is 0 Å². The summed E-state index contributed by atoms with van der Waals surface area (Å²) in [6, 6.07) is 2.13. The lowest BCUT2D eigenvalue weighted by atomic mass is 10.1. The van der Waals surface area contributed by atoms with Crippen LogP contribution in [0.5, 0.6) is 0 Å². The number of hydrogen-bond donors (Lipinski definition) is 2. The Hall–Kier alpha value is -2.28. The van der Waals surface area contributed by atoms with Crippen LogP contribution < -0.4 is 5.32 Å². The number of nitrogens with one attached hydrogen (secondary N) is 2. The van der Waals surface area contributed by atoms with Crippen LogP contribution in [0.15, 0.2) is 18.6 Å². The van der Waals surface area contributed by atoms with Crippen LogP contribution in [0.2, 0.25) is 0 Å². The minimum absolute atomic E-state index is 0.154. The van der Waals surface area contributed by atoms with Gasteiger partial charge in [0.15, 0.2) is 5.65 Å². The van der Waals surface area contributed by atoms with Crippen molar-refractivity contribution >= 4 is 5.65 Å². The van der Waals surface area contributed by atoms with Crippen LogP contribution in [0.4, 0.5) is 0 Å². The number of hydrogen-bond acceptors (Lipinski definition) is 5. The van der Waals surface area contributed by atoms with Gasteiger partial charge in [-0.1, -0.05) is 0 Å². The molecule has 0 saturated carbocycles. The molecule has 7 heteroatoms. The van der Waals surface area contributed by atoms with Gasteiger partial charge in [0.05, 0.1) is 12.2 Å². The van der Waals surface area contributed by atoms with E-state index in [4.69, 9.17) is 0 Å². The molecule has 2 N–H and O–H groups in total. The maximum atomic E-state index is 4.46. The maximum Gasteiger partial charge on any atom is 0.155 e. The monoisotopic (exact) mass is 271 g/mol. The molecule has 1 unspecified atom stereocenters. The van der Waals surface area contributed by atoms with Crippen molar-refractivity contribution in [3.8, 4) is 0 Å². The zero-order valence-corrected chi connectivity index (χ0v) is 11.8. The Morgan fingerprint density at radius 1 is 1.35 bits per heavy atom. The summed E-state index contributed by atoms with van der Waals surface area (Å²) in [7, 11) is 0. The Balaban J connectivity index is 1.83. The highest BCUT2D eigenvalue weighted by molar-refractivity contribution is 5.42. The Morgan fingerprint density at radius 3 is 2.95 bits per heavy atom. The number of aryl methyl sites for hydroxylation is 2. The van der Waals surface area contributed by atoms with Crippen molar-refractivity contribution in [1.82, 2.24) is 35.1 Å². The molecule has 3 aromatic heterocycles. The molecule has 1 atom stereocenters. The van der Waals surface area contributed by atoms with E-state index in [1.807, 2.05) is 23.7 Å². The van der Waals surface area contributed by atoms with E-state index in [9.17, 15) is 0 Å². The molecule has 20 heavy (non-hydrogen) atoms. The third kappa shape index (κ3) is 2.27. The van der Waals surface area contributed by atoms with Crippen LogP contribution in [-0.4, -0.2) is 29.8 Å². The second-order valence-corrected chi connectivity index (χ2v) is 4.89. The van der Waals surface area contributed by atoms with E-state index in [1.165, 1.54) is 6.33 Å². The summed E-state index contributed by atoms with van der Waals surface area (Å²) in [4.78, 5) is 8.55. The molecule has 0 fully saturated rings. The fourth-order valence-corrected chi connectivity index (χ4v) is 2.28. The molecule has 0 aliphatic rings. The molecule has 0 aliphatic heterocycles. The quantitative estimate of drug-likeness (QED) is 0.747. The average Bonchev–Trinajstić information content (AvgIpc) is 3.05. The van der Waals surface area contributed by atoms with Crippen molar-refractivity contribution in [3.05, 3.63) is 41.4 Å².